The molecule has 1 saturated heterocycles. The number of rotatable bonds is 5. The molecular formula is C22H23IO6. The monoisotopic (exact) mass is 510 g/mol. The summed E-state index contributed by atoms with van der Waals surface area (Å²) in [5.41, 5.74) is -0.861. The molecule has 4 fully saturated rings. The highest BCUT2D eigenvalue weighted by Gasteiger charge is 2.99. The van der Waals surface area contributed by atoms with Crippen molar-refractivity contribution in [3.05, 3.63) is 45.6 Å². The third-order valence-electron chi connectivity index (χ3n) is 7.24. The van der Waals surface area contributed by atoms with Gasteiger partial charge in [-0.05, 0) is 73.4 Å². The number of carbonyl (C=O) groups is 2. The van der Waals surface area contributed by atoms with Crippen molar-refractivity contribution in [1.82, 2.24) is 0 Å². The van der Waals surface area contributed by atoms with E-state index in [2.05, 4.69) is 29.2 Å². The summed E-state index contributed by atoms with van der Waals surface area (Å²) >= 11 is 2.22. The molecule has 0 amide bonds. The van der Waals surface area contributed by atoms with Crippen LogP contribution in [0.2, 0.25) is 0 Å². The maximum absolute atomic E-state index is 13.4. The number of ether oxygens (including phenoxy) is 3. The first-order chi connectivity index (χ1) is 13.5. The molecule has 3 saturated carbocycles. The molecule has 4 aliphatic rings. The summed E-state index contributed by atoms with van der Waals surface area (Å²) in [5, 5.41) is 11.1. The molecule has 7 heteroatoms. The Bertz CT molecular complexity index is 939. The van der Waals surface area contributed by atoms with Crippen LogP contribution in [0.5, 0.6) is 0 Å². The van der Waals surface area contributed by atoms with E-state index in [1.54, 1.807) is 6.92 Å². The van der Waals surface area contributed by atoms with Crippen molar-refractivity contribution in [2.75, 3.05) is 0 Å². The van der Waals surface area contributed by atoms with E-state index in [4.69, 9.17) is 14.2 Å². The van der Waals surface area contributed by atoms with E-state index in [1.165, 1.54) is 0 Å². The number of halogens is 1. The standard InChI is InChI=1S/C22H23IO6/c1-10(2)18(24)27-16-14-9-13-15(16)28-22(26)17(13)21(14,22)19(25)29-20(3,4)11-5-7-12(23)8-6-11/h5-8,13-17,26H,1,9H2,2-4H3. The fourth-order valence-electron chi connectivity index (χ4n) is 5.97. The largest absolute Gasteiger partial charge is 0.456 e. The van der Waals surface area contributed by atoms with Crippen LogP contribution in [0.1, 0.15) is 32.8 Å². The van der Waals surface area contributed by atoms with E-state index in [-0.39, 0.29) is 23.9 Å². The van der Waals surface area contributed by atoms with Crippen molar-refractivity contribution < 1.29 is 28.9 Å². The van der Waals surface area contributed by atoms with Crippen LogP contribution >= 0.6 is 22.6 Å². The van der Waals surface area contributed by atoms with Gasteiger partial charge in [-0.15, -0.1) is 0 Å². The lowest BCUT2D eigenvalue weighted by atomic mass is 9.81. The van der Waals surface area contributed by atoms with Crippen molar-refractivity contribution >= 4 is 34.5 Å². The van der Waals surface area contributed by atoms with Crippen molar-refractivity contribution in [3.63, 3.8) is 0 Å². The first kappa shape index (κ1) is 19.5. The summed E-state index contributed by atoms with van der Waals surface area (Å²) in [6.07, 6.45) is -0.237. The molecule has 5 rings (SSSR count). The van der Waals surface area contributed by atoms with E-state index in [1.807, 2.05) is 38.1 Å². The lowest BCUT2D eigenvalue weighted by Crippen LogP contribution is -2.53. The third kappa shape index (κ3) is 2.29. The minimum absolute atomic E-state index is 0.00175. The van der Waals surface area contributed by atoms with Crippen LogP contribution in [0, 0.1) is 26.7 Å². The van der Waals surface area contributed by atoms with E-state index >= 15 is 0 Å². The SMILES string of the molecule is C=C(C)C(=O)OC1C2OC3(O)C4C2CC1C43C(=O)OC(C)(C)c1ccc(I)cc1. The van der Waals surface area contributed by atoms with Crippen molar-refractivity contribution in [3.8, 4) is 0 Å². The Morgan fingerprint density at radius 3 is 2.55 bits per heavy atom. The van der Waals surface area contributed by atoms with Gasteiger partial charge >= 0.3 is 11.9 Å². The number of hydrogen-bond acceptors (Lipinski definition) is 6. The van der Waals surface area contributed by atoms with Gasteiger partial charge in [-0.3, -0.25) is 4.79 Å². The summed E-state index contributed by atoms with van der Waals surface area (Å²) in [4.78, 5) is 25.5. The van der Waals surface area contributed by atoms with Crippen LogP contribution in [-0.4, -0.2) is 35.0 Å². The molecule has 29 heavy (non-hydrogen) atoms. The van der Waals surface area contributed by atoms with E-state index in [9.17, 15) is 14.7 Å². The fourth-order valence-corrected chi connectivity index (χ4v) is 6.33. The topological polar surface area (TPSA) is 82.1 Å². The maximum Gasteiger partial charge on any atom is 0.333 e. The van der Waals surface area contributed by atoms with E-state index in [0.29, 0.717) is 12.0 Å². The molecule has 6 nitrogen and oxygen atoms in total. The number of esters is 2. The van der Waals surface area contributed by atoms with Crippen molar-refractivity contribution in [1.29, 1.82) is 0 Å². The zero-order chi connectivity index (χ0) is 20.9. The van der Waals surface area contributed by atoms with Crippen LogP contribution < -0.4 is 0 Å². The molecule has 2 bridgehead atoms. The molecule has 0 spiro atoms. The van der Waals surface area contributed by atoms with Crippen LogP contribution in [-0.2, 0) is 29.4 Å². The Hall–Kier alpha value is -1.45. The summed E-state index contributed by atoms with van der Waals surface area (Å²) in [7, 11) is 0. The summed E-state index contributed by atoms with van der Waals surface area (Å²) in [5.74, 6) is -3.07. The summed E-state index contributed by atoms with van der Waals surface area (Å²) < 4.78 is 18.6. The molecule has 7 unspecified atom stereocenters. The molecule has 3 aliphatic carbocycles. The second-order valence-electron chi connectivity index (χ2n) is 9.19. The third-order valence-corrected chi connectivity index (χ3v) is 7.95. The summed E-state index contributed by atoms with van der Waals surface area (Å²) in [6, 6.07) is 7.78. The predicted molar refractivity (Wildman–Crippen MR) is 110 cm³/mol. The molecule has 154 valence electrons. The highest BCUT2D eigenvalue weighted by Crippen LogP contribution is 2.86. The second kappa shape index (κ2) is 5.82. The summed E-state index contributed by atoms with van der Waals surface area (Å²) in [6.45, 7) is 8.88. The van der Waals surface area contributed by atoms with E-state index < -0.39 is 34.8 Å². The predicted octanol–water partition coefficient (Wildman–Crippen LogP) is 2.91. The second-order valence-corrected chi connectivity index (χ2v) is 10.4. The number of fused-ring (bicyclic) bond motifs is 3. The lowest BCUT2D eigenvalue weighted by Gasteiger charge is -2.39. The van der Waals surface area contributed by atoms with Gasteiger partial charge in [0.1, 0.15) is 23.2 Å². The Labute approximate surface area is 182 Å². The first-order valence-electron chi connectivity index (χ1n) is 9.80. The number of benzene rings is 1. The molecular weight excluding hydrogens is 487 g/mol. The van der Waals surface area contributed by atoms with E-state index in [0.717, 1.165) is 9.13 Å². The zero-order valence-corrected chi connectivity index (χ0v) is 18.6. The number of aliphatic hydroxyl groups is 1. The molecule has 7 atom stereocenters. The minimum Gasteiger partial charge on any atom is -0.456 e. The van der Waals surface area contributed by atoms with Gasteiger partial charge in [0.2, 0.25) is 0 Å². The van der Waals surface area contributed by atoms with Gasteiger partial charge < -0.3 is 19.3 Å². The lowest BCUT2D eigenvalue weighted by molar-refractivity contribution is -0.243. The normalized spacial score (nSPS) is 40.7. The Morgan fingerprint density at radius 1 is 1.31 bits per heavy atom. The average molecular weight is 510 g/mol. The Balaban J connectivity index is 1.42. The molecule has 0 radical (unpaired) electrons. The van der Waals surface area contributed by atoms with Gasteiger partial charge in [-0.2, -0.15) is 0 Å². The van der Waals surface area contributed by atoms with Gasteiger partial charge in [-0.25, -0.2) is 4.79 Å². The van der Waals surface area contributed by atoms with Gasteiger partial charge in [0.05, 0.1) is 0 Å². The minimum atomic E-state index is -1.50. The Morgan fingerprint density at radius 2 is 1.97 bits per heavy atom. The molecule has 1 N–H and O–H groups in total. The van der Waals surface area contributed by atoms with Crippen LogP contribution in [0.3, 0.4) is 0 Å². The molecule has 1 aromatic rings. The number of hydrogen-bond donors (Lipinski definition) is 1. The fraction of sp³-hybridized carbons (Fsp3) is 0.545. The highest BCUT2D eigenvalue weighted by atomic mass is 127. The molecule has 1 heterocycles. The molecule has 1 aromatic carbocycles. The number of carbonyl (C=O) groups excluding carboxylic acids is 2. The van der Waals surface area contributed by atoms with Gasteiger partial charge in [0.15, 0.2) is 5.79 Å². The zero-order valence-electron chi connectivity index (χ0n) is 16.5. The quantitative estimate of drug-likeness (QED) is 0.373. The smallest absolute Gasteiger partial charge is 0.333 e. The first-order valence-corrected chi connectivity index (χ1v) is 10.9. The van der Waals surface area contributed by atoms with Gasteiger partial charge in [0.25, 0.3) is 0 Å². The molecule has 0 aromatic heterocycles. The molecule has 1 aliphatic heterocycles. The van der Waals surface area contributed by atoms with Crippen molar-refractivity contribution in [2.24, 2.45) is 23.2 Å². The van der Waals surface area contributed by atoms with Crippen LogP contribution in [0.15, 0.2) is 36.4 Å². The van der Waals surface area contributed by atoms with Crippen LogP contribution in [0.25, 0.3) is 0 Å². The van der Waals surface area contributed by atoms with Crippen LogP contribution in [0.4, 0.5) is 0 Å². The van der Waals surface area contributed by atoms with Gasteiger partial charge in [0, 0.05) is 21.0 Å². The van der Waals surface area contributed by atoms with Gasteiger partial charge in [-0.1, -0.05) is 18.7 Å². The Kier molecular flexibility index (Phi) is 3.92. The highest BCUT2D eigenvalue weighted by molar-refractivity contribution is 14.1. The maximum atomic E-state index is 13.4. The van der Waals surface area contributed by atoms with Crippen molar-refractivity contribution in [2.45, 2.75) is 50.8 Å². The average Bonchev–Trinajstić information content (AvgIpc) is 2.88.